The van der Waals surface area contributed by atoms with Crippen molar-refractivity contribution in [2.24, 2.45) is 0 Å². The second-order valence-corrected chi connectivity index (χ2v) is 18.5. The molecule has 2 heterocycles. The number of benzene rings is 9. The van der Waals surface area contributed by atoms with Crippen LogP contribution in [0.5, 0.6) is 0 Å². The van der Waals surface area contributed by atoms with Crippen LogP contribution in [0.2, 0.25) is 0 Å². The van der Waals surface area contributed by atoms with Crippen LogP contribution < -0.4 is 10.4 Å². The van der Waals surface area contributed by atoms with Gasteiger partial charge in [-0.3, -0.25) is 0 Å². The summed E-state index contributed by atoms with van der Waals surface area (Å²) in [5.41, 5.74) is 17.0. The van der Waals surface area contributed by atoms with E-state index < -0.39 is 0 Å². The Labute approximate surface area is 364 Å². The number of hydrogen-bond acceptors (Lipinski definition) is 2. The predicted molar refractivity (Wildman–Crippen MR) is 265 cm³/mol. The Morgan fingerprint density at radius 1 is 0.444 bits per heavy atom. The Bertz CT molecular complexity index is 3990. The lowest BCUT2D eigenvalue weighted by atomic mass is 9.80. The van der Waals surface area contributed by atoms with Gasteiger partial charge in [-0.2, -0.15) is 0 Å². The number of aryl methyl sites for hydroxylation is 1. The minimum Gasteiger partial charge on any atom is -0.456 e. The van der Waals surface area contributed by atoms with Gasteiger partial charge in [-0.05, 0) is 179 Å². The van der Waals surface area contributed by atoms with Gasteiger partial charge in [-0.1, -0.05) is 129 Å². The molecule has 0 spiro atoms. The zero-order valence-corrected chi connectivity index (χ0v) is 35.3. The van der Waals surface area contributed by atoms with Gasteiger partial charge < -0.3 is 8.83 Å². The van der Waals surface area contributed by atoms with Gasteiger partial charge in [0.15, 0.2) is 0 Å². The van der Waals surface area contributed by atoms with E-state index in [4.69, 9.17) is 8.83 Å². The standard InChI is InChI=1S/C61H42O2/c1-61(2)51-32-36(37-23-27-50-56(34-37)63-55-31-29-47-48(60(50)55)28-30-54-59(47)49-19-9-10-21-53(49)62-54)22-25-40(51)41-26-24-38(33-52(41)61)57-43-15-5-7-17-45(43)58(46-18-8-6-16-44(46)57)42-20-11-13-35-12-3-4-14-39(35)42/h3-5,7,10-18,20-34H,6,8-9,19H2,1-2H3. The highest BCUT2D eigenvalue weighted by Gasteiger charge is 2.36. The summed E-state index contributed by atoms with van der Waals surface area (Å²) >= 11 is 0. The minimum atomic E-state index is -0.193. The van der Waals surface area contributed by atoms with Gasteiger partial charge in [-0.15, -0.1) is 0 Å². The quantitative estimate of drug-likeness (QED) is 0.178. The van der Waals surface area contributed by atoms with E-state index >= 15 is 0 Å². The summed E-state index contributed by atoms with van der Waals surface area (Å²) in [4.78, 5) is 0. The van der Waals surface area contributed by atoms with Gasteiger partial charge in [0.25, 0.3) is 0 Å². The summed E-state index contributed by atoms with van der Waals surface area (Å²) < 4.78 is 12.9. The number of fused-ring (bicyclic) bond motifs is 15. The van der Waals surface area contributed by atoms with Gasteiger partial charge in [0.1, 0.15) is 22.5 Å². The van der Waals surface area contributed by atoms with Crippen LogP contribution >= 0.6 is 0 Å². The lowest BCUT2D eigenvalue weighted by Gasteiger charge is -2.23. The molecule has 3 aliphatic rings. The van der Waals surface area contributed by atoms with Crippen LogP contribution in [0.1, 0.15) is 55.6 Å². The predicted octanol–water partition coefficient (Wildman–Crippen LogP) is 15.4. The maximum atomic E-state index is 6.65. The lowest BCUT2D eigenvalue weighted by Crippen LogP contribution is -2.31. The monoisotopic (exact) mass is 806 g/mol. The van der Waals surface area contributed by atoms with Crippen molar-refractivity contribution in [2.75, 3.05) is 0 Å². The second-order valence-electron chi connectivity index (χ2n) is 18.5. The van der Waals surface area contributed by atoms with Crippen LogP contribution in [0, 0.1) is 0 Å². The van der Waals surface area contributed by atoms with Crippen LogP contribution in [0.4, 0.5) is 0 Å². The molecule has 0 fully saturated rings. The summed E-state index contributed by atoms with van der Waals surface area (Å²) in [6, 6.07) is 54.5. The first-order chi connectivity index (χ1) is 31.0. The maximum absolute atomic E-state index is 6.65. The van der Waals surface area contributed by atoms with Crippen molar-refractivity contribution in [3.63, 3.8) is 0 Å². The number of hydrogen-bond donors (Lipinski definition) is 0. The molecule has 63 heavy (non-hydrogen) atoms. The molecule has 0 saturated heterocycles. The van der Waals surface area contributed by atoms with Gasteiger partial charge in [-0.25, -0.2) is 0 Å². The summed E-state index contributed by atoms with van der Waals surface area (Å²) in [5, 5.41) is 13.9. The van der Waals surface area contributed by atoms with E-state index in [1.807, 2.05) is 0 Å². The van der Waals surface area contributed by atoms with Crippen molar-refractivity contribution in [1.82, 2.24) is 0 Å². The third kappa shape index (κ3) is 4.89. The first-order valence-electron chi connectivity index (χ1n) is 22.5. The van der Waals surface area contributed by atoms with E-state index in [0.29, 0.717) is 0 Å². The summed E-state index contributed by atoms with van der Waals surface area (Å²) in [6.45, 7) is 4.81. The SMILES string of the molecule is CC1(C)c2cc(-c3ccc4c(c3)oc3ccc5c(ccc6oc7c(c65)CCC=C7)c34)ccc2-c2ccc(-c3c4c(c(-c5cccc6ccccc56)c5ccccc35)=CCCC=4)cc21. The smallest absolute Gasteiger partial charge is 0.136 e. The molecule has 2 aromatic heterocycles. The lowest BCUT2D eigenvalue weighted by molar-refractivity contribution is 0.595. The molecule has 2 heteroatoms. The third-order valence-electron chi connectivity index (χ3n) is 14.8. The molecule has 14 rings (SSSR count). The number of furan rings is 2. The van der Waals surface area contributed by atoms with Crippen molar-refractivity contribution in [3.8, 4) is 44.5 Å². The van der Waals surface area contributed by atoms with E-state index in [9.17, 15) is 0 Å². The van der Waals surface area contributed by atoms with Crippen LogP contribution in [-0.2, 0) is 11.8 Å². The van der Waals surface area contributed by atoms with Crippen molar-refractivity contribution in [2.45, 2.75) is 44.9 Å². The molecule has 0 N–H and O–H groups in total. The second kappa shape index (κ2) is 12.8. The van der Waals surface area contributed by atoms with E-state index in [-0.39, 0.29) is 5.41 Å². The Balaban J connectivity index is 0.880. The van der Waals surface area contributed by atoms with Crippen LogP contribution in [0.15, 0.2) is 161 Å². The van der Waals surface area contributed by atoms with Crippen molar-refractivity contribution >= 4 is 83.5 Å². The fraction of sp³-hybridized carbons (Fsp3) is 0.115. The molecule has 298 valence electrons. The number of allylic oxidation sites excluding steroid dienone is 1. The number of rotatable bonds is 3. The molecule has 3 aliphatic carbocycles. The first kappa shape index (κ1) is 35.2. The van der Waals surface area contributed by atoms with Gasteiger partial charge in [0.05, 0.1) is 0 Å². The van der Waals surface area contributed by atoms with E-state index in [1.54, 1.807) is 0 Å². The molecule has 11 aromatic rings. The average Bonchev–Trinajstić information content (AvgIpc) is 3.97. The zero-order chi connectivity index (χ0) is 41.6. The normalized spacial score (nSPS) is 14.9. The molecule has 0 saturated carbocycles. The minimum absolute atomic E-state index is 0.193. The highest BCUT2D eigenvalue weighted by Crippen LogP contribution is 2.51. The molecule has 0 aliphatic heterocycles. The summed E-state index contributed by atoms with van der Waals surface area (Å²) in [7, 11) is 0. The Morgan fingerprint density at radius 2 is 1.06 bits per heavy atom. The van der Waals surface area contributed by atoms with E-state index in [2.05, 4.69) is 184 Å². The van der Waals surface area contributed by atoms with Gasteiger partial charge in [0.2, 0.25) is 0 Å². The van der Waals surface area contributed by atoms with Crippen LogP contribution in [0.25, 0.3) is 128 Å². The highest BCUT2D eigenvalue weighted by atomic mass is 16.3. The third-order valence-corrected chi connectivity index (χ3v) is 14.8. The van der Waals surface area contributed by atoms with Crippen molar-refractivity contribution < 1.29 is 8.83 Å². The molecule has 0 unspecified atom stereocenters. The molecule has 0 radical (unpaired) electrons. The Hall–Kier alpha value is -7.42. The van der Waals surface area contributed by atoms with Gasteiger partial charge >= 0.3 is 0 Å². The maximum Gasteiger partial charge on any atom is 0.136 e. The van der Waals surface area contributed by atoms with Crippen LogP contribution in [-0.4, -0.2) is 0 Å². The zero-order valence-electron chi connectivity index (χ0n) is 35.3. The molecule has 2 nitrogen and oxygen atoms in total. The van der Waals surface area contributed by atoms with Crippen molar-refractivity contribution in [1.29, 1.82) is 0 Å². The van der Waals surface area contributed by atoms with E-state index in [0.717, 1.165) is 59.1 Å². The highest BCUT2D eigenvalue weighted by molar-refractivity contribution is 6.24. The fourth-order valence-electron chi connectivity index (χ4n) is 11.8. The molecular formula is C61H42O2. The molecule has 0 amide bonds. The molecular weight excluding hydrogens is 765 g/mol. The summed E-state index contributed by atoms with van der Waals surface area (Å²) in [5.74, 6) is 0.999. The Kier molecular flexibility index (Phi) is 7.16. The Morgan fingerprint density at radius 3 is 1.87 bits per heavy atom. The average molecular weight is 807 g/mol. The molecule has 0 atom stereocenters. The van der Waals surface area contributed by atoms with E-state index in [1.165, 1.54) is 109 Å². The largest absolute Gasteiger partial charge is 0.456 e. The van der Waals surface area contributed by atoms with Gasteiger partial charge in [0, 0.05) is 27.1 Å². The topological polar surface area (TPSA) is 26.3 Å². The van der Waals surface area contributed by atoms with Crippen molar-refractivity contribution in [3.05, 3.63) is 185 Å². The first-order valence-corrected chi connectivity index (χ1v) is 22.5. The van der Waals surface area contributed by atoms with Crippen LogP contribution in [0.3, 0.4) is 0 Å². The fourth-order valence-corrected chi connectivity index (χ4v) is 11.8. The molecule has 9 aromatic carbocycles. The summed E-state index contributed by atoms with van der Waals surface area (Å²) in [6.07, 6.45) is 13.5. The molecule has 0 bridgehead atoms.